The van der Waals surface area contributed by atoms with Crippen LogP contribution in [0.1, 0.15) is 48.1 Å². The van der Waals surface area contributed by atoms with Crippen LogP contribution in [0.15, 0.2) is 12.1 Å². The summed E-state index contributed by atoms with van der Waals surface area (Å²) < 4.78 is 0. The van der Waals surface area contributed by atoms with Gasteiger partial charge in [-0.2, -0.15) is 0 Å². The number of aryl methyl sites for hydroxylation is 3. The fourth-order valence-electron chi connectivity index (χ4n) is 1.83. The molecule has 0 aliphatic heterocycles. The Bertz CT molecular complexity index is 421. The molecular weight excluding hydrogens is 196 g/mol. The molecule has 1 N–H and O–H groups in total. The molecule has 86 valence electrons. The first-order chi connectivity index (χ1) is 7.56. The maximum absolute atomic E-state index is 10.1. The summed E-state index contributed by atoms with van der Waals surface area (Å²) in [7, 11) is 0. The molecule has 1 aromatic rings. The topological polar surface area (TPSA) is 20.2 Å². The second-order valence-electron chi connectivity index (χ2n) is 4.27. The Labute approximate surface area is 98.5 Å². The molecule has 0 bridgehead atoms. The SMILES string of the molecule is CC#CCCC(O)c1cc(C)c(C)cc1C. The smallest absolute Gasteiger partial charge is 0.0801 e. The third-order valence-electron chi connectivity index (χ3n) is 2.96. The molecule has 0 aliphatic rings. The largest absolute Gasteiger partial charge is 0.388 e. The van der Waals surface area contributed by atoms with E-state index in [0.717, 1.165) is 12.0 Å². The lowest BCUT2D eigenvalue weighted by Gasteiger charge is -2.15. The summed E-state index contributed by atoms with van der Waals surface area (Å²) in [5.74, 6) is 5.83. The number of aliphatic hydroxyl groups excluding tert-OH is 1. The molecule has 0 aliphatic carbocycles. The van der Waals surface area contributed by atoms with Crippen LogP contribution in [0.25, 0.3) is 0 Å². The molecule has 16 heavy (non-hydrogen) atoms. The molecule has 0 fully saturated rings. The quantitative estimate of drug-likeness (QED) is 0.767. The summed E-state index contributed by atoms with van der Waals surface area (Å²) in [6.45, 7) is 8.06. The van der Waals surface area contributed by atoms with Crippen molar-refractivity contribution in [1.29, 1.82) is 0 Å². The van der Waals surface area contributed by atoms with Crippen molar-refractivity contribution in [1.82, 2.24) is 0 Å². The van der Waals surface area contributed by atoms with Gasteiger partial charge in [-0.3, -0.25) is 0 Å². The molecule has 1 rings (SSSR count). The van der Waals surface area contributed by atoms with Gasteiger partial charge in [-0.15, -0.1) is 11.8 Å². The van der Waals surface area contributed by atoms with Crippen LogP contribution in [-0.2, 0) is 0 Å². The van der Waals surface area contributed by atoms with E-state index in [1.54, 1.807) is 0 Å². The summed E-state index contributed by atoms with van der Waals surface area (Å²) in [5, 5.41) is 10.1. The number of hydrogen-bond donors (Lipinski definition) is 1. The van der Waals surface area contributed by atoms with Crippen molar-refractivity contribution in [3.8, 4) is 11.8 Å². The Hall–Kier alpha value is -1.26. The van der Waals surface area contributed by atoms with Crippen LogP contribution in [0.4, 0.5) is 0 Å². The van der Waals surface area contributed by atoms with E-state index in [1.807, 2.05) is 6.92 Å². The molecule has 0 spiro atoms. The molecule has 1 aromatic carbocycles. The Morgan fingerprint density at radius 3 is 2.38 bits per heavy atom. The van der Waals surface area contributed by atoms with Gasteiger partial charge in [0, 0.05) is 6.42 Å². The number of benzene rings is 1. The highest BCUT2D eigenvalue weighted by atomic mass is 16.3. The Morgan fingerprint density at radius 1 is 1.12 bits per heavy atom. The molecule has 1 atom stereocenters. The first kappa shape index (κ1) is 12.8. The maximum Gasteiger partial charge on any atom is 0.0801 e. The average molecular weight is 216 g/mol. The molecule has 0 aromatic heterocycles. The van der Waals surface area contributed by atoms with E-state index < -0.39 is 0 Å². The highest BCUT2D eigenvalue weighted by Gasteiger charge is 2.10. The standard InChI is InChI=1S/C15H20O/c1-5-6-7-8-15(16)14-10-12(3)11(2)9-13(14)4/h9-10,15-16H,7-8H2,1-4H3. The molecule has 0 saturated heterocycles. The predicted molar refractivity (Wildman–Crippen MR) is 68.3 cm³/mol. The van der Waals surface area contributed by atoms with E-state index in [4.69, 9.17) is 0 Å². The third-order valence-corrected chi connectivity index (χ3v) is 2.96. The Balaban J connectivity index is 2.85. The van der Waals surface area contributed by atoms with Crippen LogP contribution in [0.3, 0.4) is 0 Å². The minimum atomic E-state index is -0.389. The summed E-state index contributed by atoms with van der Waals surface area (Å²) in [6, 6.07) is 4.23. The Kier molecular flexibility index (Phi) is 4.58. The van der Waals surface area contributed by atoms with Gasteiger partial charge in [-0.05, 0) is 56.4 Å². The first-order valence-corrected chi connectivity index (χ1v) is 5.71. The number of hydrogen-bond acceptors (Lipinski definition) is 1. The molecule has 0 radical (unpaired) electrons. The number of rotatable bonds is 3. The maximum atomic E-state index is 10.1. The lowest BCUT2D eigenvalue weighted by molar-refractivity contribution is 0.168. The highest BCUT2D eigenvalue weighted by molar-refractivity contribution is 5.37. The first-order valence-electron chi connectivity index (χ1n) is 5.71. The van der Waals surface area contributed by atoms with Crippen LogP contribution >= 0.6 is 0 Å². The molecule has 1 heteroatoms. The van der Waals surface area contributed by atoms with Crippen molar-refractivity contribution in [2.75, 3.05) is 0 Å². The van der Waals surface area contributed by atoms with Gasteiger partial charge in [-0.25, -0.2) is 0 Å². The molecule has 1 unspecified atom stereocenters. The Morgan fingerprint density at radius 2 is 1.75 bits per heavy atom. The van der Waals surface area contributed by atoms with Crippen molar-refractivity contribution < 1.29 is 5.11 Å². The van der Waals surface area contributed by atoms with E-state index in [-0.39, 0.29) is 6.10 Å². The van der Waals surface area contributed by atoms with Crippen molar-refractivity contribution in [2.24, 2.45) is 0 Å². The lowest BCUT2D eigenvalue weighted by atomic mass is 9.95. The third kappa shape index (κ3) is 3.12. The van der Waals surface area contributed by atoms with Gasteiger partial charge in [0.15, 0.2) is 0 Å². The van der Waals surface area contributed by atoms with Crippen LogP contribution in [0.2, 0.25) is 0 Å². The van der Waals surface area contributed by atoms with Crippen molar-refractivity contribution >= 4 is 0 Å². The molecule has 0 heterocycles. The zero-order valence-corrected chi connectivity index (χ0v) is 10.6. The second kappa shape index (κ2) is 5.72. The number of aliphatic hydroxyl groups is 1. The van der Waals surface area contributed by atoms with Crippen LogP contribution in [0, 0.1) is 32.6 Å². The van der Waals surface area contributed by atoms with Gasteiger partial charge < -0.3 is 5.11 Å². The van der Waals surface area contributed by atoms with Gasteiger partial charge in [-0.1, -0.05) is 12.1 Å². The highest BCUT2D eigenvalue weighted by Crippen LogP contribution is 2.24. The van der Waals surface area contributed by atoms with E-state index >= 15 is 0 Å². The van der Waals surface area contributed by atoms with E-state index in [0.29, 0.717) is 6.42 Å². The average Bonchev–Trinajstić information content (AvgIpc) is 2.23. The summed E-state index contributed by atoms with van der Waals surface area (Å²) >= 11 is 0. The van der Waals surface area contributed by atoms with Crippen LogP contribution in [-0.4, -0.2) is 5.11 Å². The zero-order chi connectivity index (χ0) is 12.1. The van der Waals surface area contributed by atoms with Crippen LogP contribution < -0.4 is 0 Å². The minimum absolute atomic E-state index is 0.389. The van der Waals surface area contributed by atoms with Crippen LogP contribution in [0.5, 0.6) is 0 Å². The molecule has 0 amide bonds. The lowest BCUT2D eigenvalue weighted by Crippen LogP contribution is -2.01. The monoisotopic (exact) mass is 216 g/mol. The van der Waals surface area contributed by atoms with Crippen molar-refractivity contribution in [3.63, 3.8) is 0 Å². The van der Waals surface area contributed by atoms with E-state index in [1.165, 1.54) is 16.7 Å². The van der Waals surface area contributed by atoms with Gasteiger partial charge in [0.25, 0.3) is 0 Å². The normalized spacial score (nSPS) is 11.8. The summed E-state index contributed by atoms with van der Waals surface area (Å²) in [5.41, 5.74) is 4.73. The van der Waals surface area contributed by atoms with Crippen molar-refractivity contribution in [2.45, 2.75) is 46.6 Å². The van der Waals surface area contributed by atoms with Gasteiger partial charge in [0.2, 0.25) is 0 Å². The van der Waals surface area contributed by atoms with Gasteiger partial charge in [0.1, 0.15) is 0 Å². The zero-order valence-electron chi connectivity index (χ0n) is 10.6. The van der Waals surface area contributed by atoms with E-state index in [9.17, 15) is 5.11 Å². The van der Waals surface area contributed by atoms with Gasteiger partial charge in [0.05, 0.1) is 6.10 Å². The molecular formula is C15H20O. The van der Waals surface area contributed by atoms with E-state index in [2.05, 4.69) is 44.7 Å². The minimum Gasteiger partial charge on any atom is -0.388 e. The second-order valence-corrected chi connectivity index (χ2v) is 4.27. The fraction of sp³-hybridized carbons (Fsp3) is 0.467. The van der Waals surface area contributed by atoms with Gasteiger partial charge >= 0.3 is 0 Å². The van der Waals surface area contributed by atoms with Crippen molar-refractivity contribution in [3.05, 3.63) is 34.4 Å². The summed E-state index contributed by atoms with van der Waals surface area (Å²) in [4.78, 5) is 0. The summed E-state index contributed by atoms with van der Waals surface area (Å²) in [6.07, 6.45) is 1.08. The molecule has 1 nitrogen and oxygen atoms in total. The molecule has 0 saturated carbocycles. The fourth-order valence-corrected chi connectivity index (χ4v) is 1.83. The predicted octanol–water partition coefficient (Wildman–Crippen LogP) is 3.45.